The van der Waals surface area contributed by atoms with Crippen LogP contribution in [0.25, 0.3) is 10.3 Å². The Morgan fingerprint density at radius 3 is 2.59 bits per heavy atom. The number of anilines is 1. The van der Waals surface area contributed by atoms with Crippen LogP contribution in [-0.4, -0.2) is 64.7 Å². The van der Waals surface area contributed by atoms with Gasteiger partial charge in [0.1, 0.15) is 10.3 Å². The van der Waals surface area contributed by atoms with Crippen LogP contribution in [0.1, 0.15) is 10.4 Å². The maximum atomic E-state index is 12.6. The SMILES string of the molecule is O=C(c1ccc(OCC(F)(F)F)nc1)N1CCN(c2nc3cccnc3s2)CC1. The molecule has 0 radical (unpaired) electrons. The Morgan fingerprint density at radius 2 is 1.93 bits per heavy atom. The average Bonchev–Trinajstić information content (AvgIpc) is 3.16. The zero-order chi connectivity index (χ0) is 20.4. The fourth-order valence-electron chi connectivity index (χ4n) is 2.93. The van der Waals surface area contributed by atoms with Crippen molar-refractivity contribution in [2.45, 2.75) is 6.18 Å². The molecule has 0 bridgehead atoms. The van der Waals surface area contributed by atoms with Crippen LogP contribution in [0.15, 0.2) is 36.7 Å². The number of carbonyl (C=O) groups is 1. The lowest BCUT2D eigenvalue weighted by Gasteiger charge is -2.34. The molecule has 1 fully saturated rings. The van der Waals surface area contributed by atoms with Crippen LogP contribution in [0.5, 0.6) is 5.88 Å². The molecule has 1 amide bonds. The summed E-state index contributed by atoms with van der Waals surface area (Å²) in [5.74, 6) is -0.390. The second kappa shape index (κ2) is 7.82. The maximum absolute atomic E-state index is 12.6. The molecular weight excluding hydrogens is 407 g/mol. The Kier molecular flexibility index (Phi) is 5.22. The van der Waals surface area contributed by atoms with Crippen molar-refractivity contribution in [3.8, 4) is 5.88 Å². The number of halogens is 3. The summed E-state index contributed by atoms with van der Waals surface area (Å²) < 4.78 is 41.1. The summed E-state index contributed by atoms with van der Waals surface area (Å²) in [6.07, 6.45) is -1.47. The molecule has 0 saturated carbocycles. The summed E-state index contributed by atoms with van der Waals surface area (Å²) in [5, 5.41) is 0.874. The number of rotatable bonds is 4. The first kappa shape index (κ1) is 19.4. The highest BCUT2D eigenvalue weighted by atomic mass is 32.1. The summed E-state index contributed by atoms with van der Waals surface area (Å²) in [5.41, 5.74) is 1.16. The number of thiazole rings is 1. The number of aromatic nitrogens is 3. The first-order chi connectivity index (χ1) is 13.9. The fraction of sp³-hybridized carbons (Fsp3) is 0.333. The van der Waals surface area contributed by atoms with Gasteiger partial charge >= 0.3 is 6.18 Å². The van der Waals surface area contributed by atoms with E-state index in [4.69, 9.17) is 0 Å². The zero-order valence-corrected chi connectivity index (χ0v) is 15.9. The molecule has 1 saturated heterocycles. The van der Waals surface area contributed by atoms with Crippen LogP contribution < -0.4 is 9.64 Å². The summed E-state index contributed by atoms with van der Waals surface area (Å²) >= 11 is 1.51. The first-order valence-electron chi connectivity index (χ1n) is 8.80. The quantitative estimate of drug-likeness (QED) is 0.643. The lowest BCUT2D eigenvalue weighted by atomic mass is 10.2. The van der Waals surface area contributed by atoms with Gasteiger partial charge in [-0.3, -0.25) is 4.79 Å². The Balaban J connectivity index is 1.35. The van der Waals surface area contributed by atoms with Gasteiger partial charge in [0.15, 0.2) is 11.7 Å². The summed E-state index contributed by atoms with van der Waals surface area (Å²) in [6.45, 7) is 0.858. The number of fused-ring (bicyclic) bond motifs is 1. The monoisotopic (exact) mass is 423 g/mol. The van der Waals surface area contributed by atoms with E-state index in [0.717, 1.165) is 15.5 Å². The van der Waals surface area contributed by atoms with Gasteiger partial charge in [0.05, 0.1) is 5.56 Å². The molecule has 1 aliphatic rings. The summed E-state index contributed by atoms with van der Waals surface area (Å²) in [4.78, 5) is 30.0. The Bertz CT molecular complexity index is 968. The minimum absolute atomic E-state index is 0.173. The molecule has 0 atom stereocenters. The number of carbonyl (C=O) groups excluding carboxylic acids is 1. The van der Waals surface area contributed by atoms with Gasteiger partial charge in [-0.25, -0.2) is 15.0 Å². The van der Waals surface area contributed by atoms with Crippen LogP contribution in [0.2, 0.25) is 0 Å². The van der Waals surface area contributed by atoms with Gasteiger partial charge in [-0.15, -0.1) is 0 Å². The molecule has 11 heteroatoms. The van der Waals surface area contributed by atoms with Crippen molar-refractivity contribution in [2.75, 3.05) is 37.7 Å². The van der Waals surface area contributed by atoms with Crippen LogP contribution >= 0.6 is 11.3 Å². The van der Waals surface area contributed by atoms with Crippen molar-refractivity contribution in [3.63, 3.8) is 0 Å². The minimum Gasteiger partial charge on any atom is -0.468 e. The van der Waals surface area contributed by atoms with E-state index in [-0.39, 0.29) is 11.8 Å². The summed E-state index contributed by atoms with van der Waals surface area (Å²) in [7, 11) is 0. The number of ether oxygens (including phenoxy) is 1. The van der Waals surface area contributed by atoms with Crippen molar-refractivity contribution in [1.29, 1.82) is 0 Å². The molecule has 3 aromatic rings. The highest BCUT2D eigenvalue weighted by molar-refractivity contribution is 7.21. The molecule has 29 heavy (non-hydrogen) atoms. The van der Waals surface area contributed by atoms with E-state index in [1.807, 2.05) is 12.1 Å². The van der Waals surface area contributed by atoms with Crippen LogP contribution in [0, 0.1) is 0 Å². The number of hydrogen-bond donors (Lipinski definition) is 0. The number of alkyl halides is 3. The van der Waals surface area contributed by atoms with Crippen molar-refractivity contribution in [1.82, 2.24) is 19.9 Å². The Labute approximate surface area is 167 Å². The van der Waals surface area contributed by atoms with Crippen LogP contribution in [-0.2, 0) is 0 Å². The van der Waals surface area contributed by atoms with Crippen molar-refractivity contribution in [2.24, 2.45) is 0 Å². The van der Waals surface area contributed by atoms with Gasteiger partial charge in [0, 0.05) is 44.6 Å². The standard InChI is InChI=1S/C18H16F3N5O2S/c19-18(20,21)11-28-14-4-3-12(10-23-14)16(27)25-6-8-26(9-7-25)17-24-13-2-1-5-22-15(13)29-17/h1-5,10H,6-9,11H2. The zero-order valence-electron chi connectivity index (χ0n) is 15.1. The third-order valence-corrected chi connectivity index (χ3v) is 5.40. The van der Waals surface area contributed by atoms with Gasteiger partial charge in [0.2, 0.25) is 5.88 Å². The fourth-order valence-corrected chi connectivity index (χ4v) is 3.89. The van der Waals surface area contributed by atoms with E-state index < -0.39 is 12.8 Å². The Hall–Kier alpha value is -2.95. The molecule has 4 heterocycles. The van der Waals surface area contributed by atoms with E-state index in [2.05, 4.69) is 24.6 Å². The highest BCUT2D eigenvalue weighted by Gasteiger charge is 2.29. The van der Waals surface area contributed by atoms with Crippen molar-refractivity contribution < 1.29 is 22.7 Å². The molecule has 0 aromatic carbocycles. The molecule has 0 spiro atoms. The molecule has 7 nitrogen and oxygen atoms in total. The number of amides is 1. The summed E-state index contributed by atoms with van der Waals surface area (Å²) in [6, 6.07) is 6.45. The smallest absolute Gasteiger partial charge is 0.422 e. The molecule has 152 valence electrons. The lowest BCUT2D eigenvalue weighted by molar-refractivity contribution is -0.154. The van der Waals surface area contributed by atoms with Gasteiger partial charge in [-0.1, -0.05) is 11.3 Å². The molecular formula is C18H16F3N5O2S. The van der Waals surface area contributed by atoms with Gasteiger partial charge < -0.3 is 14.5 Å². The third-order valence-electron chi connectivity index (χ3n) is 4.36. The average molecular weight is 423 g/mol. The molecule has 0 N–H and O–H groups in total. The second-order valence-electron chi connectivity index (χ2n) is 6.39. The molecule has 0 aliphatic carbocycles. The highest BCUT2D eigenvalue weighted by Crippen LogP contribution is 2.28. The van der Waals surface area contributed by atoms with Gasteiger partial charge in [-0.05, 0) is 18.2 Å². The number of pyridine rings is 2. The van der Waals surface area contributed by atoms with E-state index in [0.29, 0.717) is 31.7 Å². The lowest BCUT2D eigenvalue weighted by Crippen LogP contribution is -2.48. The van der Waals surface area contributed by atoms with E-state index in [1.165, 1.54) is 29.7 Å². The van der Waals surface area contributed by atoms with Crippen LogP contribution in [0.3, 0.4) is 0 Å². The van der Waals surface area contributed by atoms with Gasteiger partial charge in [0.25, 0.3) is 5.91 Å². The normalized spacial score (nSPS) is 15.0. The molecule has 0 unspecified atom stereocenters. The van der Waals surface area contributed by atoms with Crippen molar-refractivity contribution in [3.05, 3.63) is 42.2 Å². The molecule has 4 rings (SSSR count). The topological polar surface area (TPSA) is 71.5 Å². The van der Waals surface area contributed by atoms with E-state index in [1.54, 1.807) is 11.1 Å². The number of piperazine rings is 1. The van der Waals surface area contributed by atoms with E-state index >= 15 is 0 Å². The number of nitrogens with zero attached hydrogens (tertiary/aromatic N) is 5. The minimum atomic E-state index is -4.44. The molecule has 1 aliphatic heterocycles. The third kappa shape index (κ3) is 4.56. The number of hydrogen-bond acceptors (Lipinski definition) is 7. The first-order valence-corrected chi connectivity index (χ1v) is 9.62. The van der Waals surface area contributed by atoms with Crippen LogP contribution in [0.4, 0.5) is 18.3 Å². The predicted molar refractivity (Wildman–Crippen MR) is 101 cm³/mol. The molecule has 3 aromatic heterocycles. The maximum Gasteiger partial charge on any atom is 0.422 e. The largest absolute Gasteiger partial charge is 0.468 e. The van der Waals surface area contributed by atoms with Crippen molar-refractivity contribution >= 4 is 32.7 Å². The van der Waals surface area contributed by atoms with Gasteiger partial charge in [-0.2, -0.15) is 13.2 Å². The van der Waals surface area contributed by atoms with E-state index in [9.17, 15) is 18.0 Å². The Morgan fingerprint density at radius 1 is 1.14 bits per heavy atom. The second-order valence-corrected chi connectivity index (χ2v) is 7.35. The predicted octanol–water partition coefficient (Wildman–Crippen LogP) is 2.99.